The molecule has 0 aromatic heterocycles. The van der Waals surface area contributed by atoms with Crippen LogP contribution < -0.4 is 5.32 Å². The van der Waals surface area contributed by atoms with Gasteiger partial charge in [0.25, 0.3) is 0 Å². The van der Waals surface area contributed by atoms with E-state index in [4.69, 9.17) is 5.11 Å². The molecule has 0 aromatic carbocycles. The number of hydrogen-bond donors (Lipinski definition) is 2. The smallest absolute Gasteiger partial charge is 0.305 e. The molecule has 0 spiro atoms. The highest BCUT2D eigenvalue weighted by Crippen LogP contribution is 1.99. The first-order valence-electron chi connectivity index (χ1n) is 4.39. The Hall–Kier alpha value is -1.39. The van der Waals surface area contributed by atoms with Gasteiger partial charge in [-0.25, -0.2) is 0 Å². The molecule has 80 valence electrons. The van der Waals surface area contributed by atoms with Crippen LogP contribution in [0.15, 0.2) is 0 Å². The maximum Gasteiger partial charge on any atom is 0.305 e. The van der Waals surface area contributed by atoms with Crippen molar-refractivity contribution in [2.75, 3.05) is 0 Å². The van der Waals surface area contributed by atoms with Crippen molar-refractivity contribution in [2.45, 2.75) is 33.2 Å². The lowest BCUT2D eigenvalue weighted by Gasteiger charge is -1.94. The van der Waals surface area contributed by atoms with E-state index in [0.29, 0.717) is 0 Å². The lowest BCUT2D eigenvalue weighted by Crippen LogP contribution is -2.25. The van der Waals surface area contributed by atoms with Gasteiger partial charge >= 0.3 is 5.97 Å². The molecule has 0 saturated carbocycles. The SMILES string of the molecule is CC(C)C(=O)O.C[C@@H]1NC(=O)CC1=O. The second-order valence-corrected chi connectivity index (χ2v) is 3.43. The summed E-state index contributed by atoms with van der Waals surface area (Å²) in [5, 5.41) is 10.5. The third kappa shape index (κ3) is 4.59. The van der Waals surface area contributed by atoms with Crippen LogP contribution in [0.3, 0.4) is 0 Å². The third-order valence-corrected chi connectivity index (χ3v) is 1.69. The molecular formula is C9H15NO4. The van der Waals surface area contributed by atoms with Crippen molar-refractivity contribution in [3.63, 3.8) is 0 Å². The molecule has 5 heteroatoms. The Balaban J connectivity index is 0.000000255. The highest BCUT2D eigenvalue weighted by molar-refractivity contribution is 6.07. The van der Waals surface area contributed by atoms with Gasteiger partial charge in [-0.3, -0.25) is 14.4 Å². The number of ketones is 1. The summed E-state index contributed by atoms with van der Waals surface area (Å²) in [6.07, 6.45) is 0.0706. The Morgan fingerprint density at radius 3 is 2.00 bits per heavy atom. The second kappa shape index (κ2) is 5.36. The predicted molar refractivity (Wildman–Crippen MR) is 49.7 cm³/mol. The van der Waals surface area contributed by atoms with Crippen LogP contribution in [-0.2, 0) is 14.4 Å². The summed E-state index contributed by atoms with van der Waals surface area (Å²) >= 11 is 0. The number of carboxylic acid groups (broad SMARTS) is 1. The number of aliphatic carboxylic acids is 1. The third-order valence-electron chi connectivity index (χ3n) is 1.69. The van der Waals surface area contributed by atoms with Crippen molar-refractivity contribution in [3.8, 4) is 0 Å². The molecule has 1 aliphatic heterocycles. The average Bonchev–Trinajstić information content (AvgIpc) is 2.30. The summed E-state index contributed by atoms with van der Waals surface area (Å²) in [6, 6.07) is -0.248. The number of hydrogen-bond acceptors (Lipinski definition) is 3. The number of carbonyl (C=O) groups excluding carboxylic acids is 2. The standard InChI is InChI=1S/C5H7NO2.C4H8O2/c1-3-4(7)2-5(8)6-3;1-3(2)4(5)6/h3H,2H2,1H3,(H,6,8);3H,1-2H3,(H,5,6)/t3-;/m0./s1. The lowest BCUT2D eigenvalue weighted by molar-refractivity contribution is -0.140. The minimum Gasteiger partial charge on any atom is -0.481 e. The molecular weight excluding hydrogens is 186 g/mol. The number of Topliss-reactive ketones (excluding diaryl/α,β-unsaturated/α-hetero) is 1. The molecule has 1 rings (SSSR count). The first kappa shape index (κ1) is 12.6. The van der Waals surface area contributed by atoms with Gasteiger partial charge in [-0.1, -0.05) is 13.8 Å². The minimum absolute atomic E-state index is 0.00463. The summed E-state index contributed by atoms with van der Waals surface area (Å²) in [4.78, 5) is 30.5. The number of carboxylic acids is 1. The van der Waals surface area contributed by atoms with E-state index in [2.05, 4.69) is 5.32 Å². The van der Waals surface area contributed by atoms with Crippen molar-refractivity contribution < 1.29 is 19.5 Å². The topological polar surface area (TPSA) is 83.5 Å². The average molecular weight is 201 g/mol. The van der Waals surface area contributed by atoms with Crippen LogP contribution >= 0.6 is 0 Å². The van der Waals surface area contributed by atoms with Gasteiger partial charge in [-0.15, -0.1) is 0 Å². The van der Waals surface area contributed by atoms with Crippen LogP contribution in [0.4, 0.5) is 0 Å². The fourth-order valence-corrected chi connectivity index (χ4v) is 0.684. The van der Waals surface area contributed by atoms with Crippen molar-refractivity contribution in [1.29, 1.82) is 0 Å². The van der Waals surface area contributed by atoms with E-state index in [9.17, 15) is 14.4 Å². The van der Waals surface area contributed by atoms with Crippen molar-refractivity contribution in [2.24, 2.45) is 5.92 Å². The molecule has 0 bridgehead atoms. The first-order chi connectivity index (χ1) is 6.34. The molecule has 1 atom stereocenters. The van der Waals surface area contributed by atoms with Crippen molar-refractivity contribution in [1.82, 2.24) is 5.32 Å². The predicted octanol–water partition coefficient (Wildman–Crippen LogP) is 0.191. The van der Waals surface area contributed by atoms with Crippen LogP contribution in [0, 0.1) is 5.92 Å². The largest absolute Gasteiger partial charge is 0.481 e. The highest BCUT2D eigenvalue weighted by Gasteiger charge is 2.25. The molecule has 1 amide bonds. The Morgan fingerprint density at radius 1 is 1.50 bits per heavy atom. The van der Waals surface area contributed by atoms with E-state index in [1.165, 1.54) is 0 Å². The number of carbonyl (C=O) groups is 3. The van der Waals surface area contributed by atoms with Crippen LogP contribution in [0.25, 0.3) is 0 Å². The molecule has 1 fully saturated rings. The van der Waals surface area contributed by atoms with Gasteiger partial charge in [-0.05, 0) is 6.92 Å². The van der Waals surface area contributed by atoms with Gasteiger partial charge in [0.05, 0.1) is 18.4 Å². The van der Waals surface area contributed by atoms with Crippen molar-refractivity contribution >= 4 is 17.7 Å². The number of amides is 1. The molecule has 2 N–H and O–H groups in total. The van der Waals surface area contributed by atoms with E-state index in [0.717, 1.165) is 0 Å². The molecule has 14 heavy (non-hydrogen) atoms. The molecule has 1 saturated heterocycles. The molecule has 1 heterocycles. The molecule has 0 unspecified atom stereocenters. The summed E-state index contributed by atoms with van der Waals surface area (Å²) in [7, 11) is 0. The van der Waals surface area contributed by atoms with Crippen LogP contribution in [0.1, 0.15) is 27.2 Å². The Bertz CT molecular complexity index is 247. The molecule has 1 aliphatic rings. The van der Waals surface area contributed by atoms with E-state index >= 15 is 0 Å². The quantitative estimate of drug-likeness (QED) is 0.593. The van der Waals surface area contributed by atoms with Gasteiger partial charge in [0, 0.05) is 0 Å². The van der Waals surface area contributed by atoms with E-state index < -0.39 is 5.97 Å². The lowest BCUT2D eigenvalue weighted by atomic mass is 10.2. The number of nitrogens with one attached hydrogen (secondary N) is 1. The summed E-state index contributed by atoms with van der Waals surface area (Å²) in [5.41, 5.74) is 0. The summed E-state index contributed by atoms with van der Waals surface area (Å²) < 4.78 is 0. The van der Waals surface area contributed by atoms with Crippen molar-refractivity contribution in [3.05, 3.63) is 0 Å². The maximum atomic E-state index is 10.5. The Morgan fingerprint density at radius 2 is 1.93 bits per heavy atom. The van der Waals surface area contributed by atoms with Crippen LogP contribution in [0.2, 0.25) is 0 Å². The van der Waals surface area contributed by atoms with Gasteiger partial charge in [-0.2, -0.15) is 0 Å². The van der Waals surface area contributed by atoms with Gasteiger partial charge in [0.2, 0.25) is 5.91 Å². The second-order valence-electron chi connectivity index (χ2n) is 3.43. The molecule has 0 radical (unpaired) electrons. The van der Waals surface area contributed by atoms with Crippen LogP contribution in [-0.4, -0.2) is 28.8 Å². The Labute approximate surface area is 82.5 Å². The molecule has 0 aliphatic carbocycles. The highest BCUT2D eigenvalue weighted by atomic mass is 16.4. The fourth-order valence-electron chi connectivity index (χ4n) is 0.684. The monoisotopic (exact) mass is 201 g/mol. The maximum absolute atomic E-state index is 10.5. The van der Waals surface area contributed by atoms with Gasteiger partial charge in [0.1, 0.15) is 0 Å². The summed E-state index contributed by atoms with van der Waals surface area (Å²) in [6.45, 7) is 4.97. The summed E-state index contributed by atoms with van der Waals surface area (Å²) in [5.74, 6) is -1.13. The molecule has 5 nitrogen and oxygen atoms in total. The normalized spacial score (nSPS) is 20.1. The minimum atomic E-state index is -0.741. The van der Waals surface area contributed by atoms with Crippen LogP contribution in [0.5, 0.6) is 0 Å². The fraction of sp³-hybridized carbons (Fsp3) is 0.667. The van der Waals surface area contributed by atoms with E-state index in [-0.39, 0.29) is 30.1 Å². The zero-order valence-corrected chi connectivity index (χ0v) is 8.53. The van der Waals surface area contributed by atoms with E-state index in [1.807, 2.05) is 0 Å². The number of rotatable bonds is 1. The van der Waals surface area contributed by atoms with Gasteiger partial charge < -0.3 is 10.4 Å². The molecule has 0 aromatic rings. The zero-order valence-electron chi connectivity index (χ0n) is 8.53. The zero-order chi connectivity index (χ0) is 11.3. The van der Waals surface area contributed by atoms with E-state index in [1.54, 1.807) is 20.8 Å². The Kier molecular flexibility index (Phi) is 4.83. The van der Waals surface area contributed by atoms with Gasteiger partial charge in [0.15, 0.2) is 5.78 Å². The first-order valence-corrected chi connectivity index (χ1v) is 4.39.